The van der Waals surface area contributed by atoms with Crippen molar-refractivity contribution in [3.05, 3.63) is 34.3 Å². The van der Waals surface area contributed by atoms with Gasteiger partial charge in [-0.25, -0.2) is 0 Å². The van der Waals surface area contributed by atoms with Crippen LogP contribution in [0, 0.1) is 0 Å². The van der Waals surface area contributed by atoms with E-state index in [9.17, 15) is 4.79 Å². The van der Waals surface area contributed by atoms with Crippen LogP contribution in [0.2, 0.25) is 0 Å². The van der Waals surface area contributed by atoms with E-state index in [2.05, 4.69) is 31.9 Å². The molecule has 0 aromatic heterocycles. The van der Waals surface area contributed by atoms with Crippen molar-refractivity contribution in [3.63, 3.8) is 0 Å². The molecule has 1 aromatic carbocycles. The normalized spacial score (nSPS) is 14.9. The predicted octanol–water partition coefficient (Wildman–Crippen LogP) is 3.91. The SMILES string of the molecule is CC(=O)C(Br)C(C)c1ccccc1Br. The van der Waals surface area contributed by atoms with E-state index in [0.717, 1.165) is 10.0 Å². The van der Waals surface area contributed by atoms with Crippen molar-refractivity contribution in [1.29, 1.82) is 0 Å². The number of alkyl halides is 1. The fraction of sp³-hybridized carbons (Fsp3) is 0.364. The van der Waals surface area contributed by atoms with Crippen LogP contribution in [0.1, 0.15) is 25.3 Å². The number of rotatable bonds is 3. The Kier molecular flexibility index (Phi) is 4.32. The fourth-order valence-electron chi connectivity index (χ4n) is 1.35. The summed E-state index contributed by atoms with van der Waals surface area (Å²) in [6.07, 6.45) is 0. The van der Waals surface area contributed by atoms with Gasteiger partial charge in [0, 0.05) is 10.4 Å². The molecule has 0 N–H and O–H groups in total. The molecule has 0 spiro atoms. The highest BCUT2D eigenvalue weighted by atomic mass is 79.9. The van der Waals surface area contributed by atoms with Gasteiger partial charge >= 0.3 is 0 Å². The van der Waals surface area contributed by atoms with E-state index >= 15 is 0 Å². The van der Waals surface area contributed by atoms with Crippen LogP contribution in [0.4, 0.5) is 0 Å². The second-order valence-corrected chi connectivity index (χ2v) is 5.16. The van der Waals surface area contributed by atoms with Gasteiger partial charge in [0.15, 0.2) is 0 Å². The first-order valence-corrected chi connectivity index (χ1v) is 6.14. The van der Waals surface area contributed by atoms with Crippen LogP contribution in [0.25, 0.3) is 0 Å². The van der Waals surface area contributed by atoms with Gasteiger partial charge in [0.1, 0.15) is 5.78 Å². The molecule has 0 saturated heterocycles. The van der Waals surface area contributed by atoms with Crippen molar-refractivity contribution in [3.8, 4) is 0 Å². The van der Waals surface area contributed by atoms with Gasteiger partial charge in [-0.2, -0.15) is 0 Å². The number of Topliss-reactive ketones (excluding diaryl/α,β-unsaturated/α-hetero) is 1. The molecular weight excluding hydrogens is 308 g/mol. The Labute approximate surface area is 101 Å². The summed E-state index contributed by atoms with van der Waals surface area (Å²) in [5, 5.41) is 0. The first kappa shape index (κ1) is 11.9. The third-order valence-corrected chi connectivity index (χ3v) is 4.38. The van der Waals surface area contributed by atoms with Gasteiger partial charge in [-0.05, 0) is 18.6 Å². The van der Waals surface area contributed by atoms with E-state index in [4.69, 9.17) is 0 Å². The molecule has 0 amide bonds. The van der Waals surface area contributed by atoms with Gasteiger partial charge in [-0.15, -0.1) is 0 Å². The fourth-order valence-corrected chi connectivity index (χ4v) is 2.28. The second-order valence-electron chi connectivity index (χ2n) is 3.32. The van der Waals surface area contributed by atoms with Crippen molar-refractivity contribution in [2.45, 2.75) is 24.6 Å². The van der Waals surface area contributed by atoms with Crippen molar-refractivity contribution in [2.75, 3.05) is 0 Å². The highest BCUT2D eigenvalue weighted by Crippen LogP contribution is 2.30. The molecule has 1 nitrogen and oxygen atoms in total. The number of ketones is 1. The van der Waals surface area contributed by atoms with E-state index < -0.39 is 0 Å². The van der Waals surface area contributed by atoms with Crippen LogP contribution in [0.5, 0.6) is 0 Å². The average Bonchev–Trinajstić information content (AvgIpc) is 2.16. The summed E-state index contributed by atoms with van der Waals surface area (Å²) < 4.78 is 1.05. The zero-order valence-electron chi connectivity index (χ0n) is 8.13. The summed E-state index contributed by atoms with van der Waals surface area (Å²) in [6, 6.07) is 7.98. The van der Waals surface area contributed by atoms with Crippen LogP contribution in [0.15, 0.2) is 28.7 Å². The standard InChI is InChI=1S/C11H12Br2O/c1-7(11(13)8(2)14)9-5-3-4-6-10(9)12/h3-7,11H,1-2H3. The summed E-state index contributed by atoms with van der Waals surface area (Å²) in [5.74, 6) is 0.344. The number of benzene rings is 1. The molecule has 0 aliphatic heterocycles. The van der Waals surface area contributed by atoms with E-state index in [0.29, 0.717) is 0 Å². The molecule has 1 rings (SSSR count). The molecule has 76 valence electrons. The van der Waals surface area contributed by atoms with Gasteiger partial charge in [-0.1, -0.05) is 57.0 Å². The zero-order chi connectivity index (χ0) is 10.7. The highest BCUT2D eigenvalue weighted by molar-refractivity contribution is 9.10. The van der Waals surface area contributed by atoms with Gasteiger partial charge in [0.25, 0.3) is 0 Å². The molecule has 1 aromatic rings. The predicted molar refractivity (Wildman–Crippen MR) is 66.0 cm³/mol. The van der Waals surface area contributed by atoms with Crippen molar-refractivity contribution in [2.24, 2.45) is 0 Å². The lowest BCUT2D eigenvalue weighted by Crippen LogP contribution is -2.17. The third kappa shape index (κ3) is 2.67. The first-order valence-electron chi connectivity index (χ1n) is 4.43. The third-order valence-electron chi connectivity index (χ3n) is 2.22. The number of hydrogen-bond donors (Lipinski definition) is 0. The molecule has 0 radical (unpaired) electrons. The molecular formula is C11H12Br2O. The minimum absolute atomic E-state index is 0.110. The molecule has 0 fully saturated rings. The second kappa shape index (κ2) is 5.08. The van der Waals surface area contributed by atoms with E-state index in [1.54, 1.807) is 6.92 Å². The smallest absolute Gasteiger partial charge is 0.144 e. The quantitative estimate of drug-likeness (QED) is 0.772. The van der Waals surface area contributed by atoms with Crippen LogP contribution in [-0.4, -0.2) is 10.6 Å². The summed E-state index contributed by atoms with van der Waals surface area (Å²) in [7, 11) is 0. The van der Waals surface area contributed by atoms with Crippen LogP contribution in [-0.2, 0) is 4.79 Å². The van der Waals surface area contributed by atoms with Crippen molar-refractivity contribution in [1.82, 2.24) is 0 Å². The molecule has 14 heavy (non-hydrogen) atoms. The Balaban J connectivity index is 2.94. The Morgan fingerprint density at radius 1 is 1.36 bits per heavy atom. The van der Waals surface area contributed by atoms with Gasteiger partial charge in [-0.3, -0.25) is 4.79 Å². The number of carbonyl (C=O) groups excluding carboxylic acids is 1. The van der Waals surface area contributed by atoms with Crippen LogP contribution in [0.3, 0.4) is 0 Å². The molecule has 0 aliphatic carbocycles. The van der Waals surface area contributed by atoms with Crippen LogP contribution >= 0.6 is 31.9 Å². The minimum atomic E-state index is -0.110. The number of hydrogen-bond acceptors (Lipinski definition) is 1. The molecule has 2 atom stereocenters. The minimum Gasteiger partial charge on any atom is -0.299 e. The van der Waals surface area contributed by atoms with Crippen molar-refractivity contribution < 1.29 is 4.79 Å². The van der Waals surface area contributed by atoms with Crippen LogP contribution < -0.4 is 0 Å². The lowest BCUT2D eigenvalue weighted by Gasteiger charge is -2.17. The zero-order valence-corrected chi connectivity index (χ0v) is 11.3. The molecule has 2 unspecified atom stereocenters. The molecule has 0 saturated carbocycles. The topological polar surface area (TPSA) is 17.1 Å². The molecule has 3 heteroatoms. The molecule has 0 bridgehead atoms. The first-order chi connectivity index (χ1) is 6.54. The summed E-state index contributed by atoms with van der Waals surface area (Å²) in [6.45, 7) is 3.65. The molecule has 0 aliphatic rings. The maximum atomic E-state index is 11.2. The highest BCUT2D eigenvalue weighted by Gasteiger charge is 2.21. The number of halogens is 2. The largest absolute Gasteiger partial charge is 0.299 e. The Morgan fingerprint density at radius 2 is 1.93 bits per heavy atom. The van der Waals surface area contributed by atoms with E-state index in [1.807, 2.05) is 31.2 Å². The molecule has 0 heterocycles. The van der Waals surface area contributed by atoms with E-state index in [1.165, 1.54) is 0 Å². The Bertz CT molecular complexity index is 336. The Morgan fingerprint density at radius 3 is 2.43 bits per heavy atom. The lowest BCUT2D eigenvalue weighted by molar-refractivity contribution is -0.116. The average molecular weight is 320 g/mol. The van der Waals surface area contributed by atoms with Crippen molar-refractivity contribution >= 4 is 37.6 Å². The number of carbonyl (C=O) groups is 1. The summed E-state index contributed by atoms with van der Waals surface area (Å²) >= 11 is 6.89. The van der Waals surface area contributed by atoms with E-state index in [-0.39, 0.29) is 16.5 Å². The Hall–Kier alpha value is -0.150. The summed E-state index contributed by atoms with van der Waals surface area (Å²) in [5.41, 5.74) is 1.16. The maximum Gasteiger partial charge on any atom is 0.144 e. The van der Waals surface area contributed by atoms with Gasteiger partial charge in [0.05, 0.1) is 4.83 Å². The van der Waals surface area contributed by atoms with Gasteiger partial charge < -0.3 is 0 Å². The van der Waals surface area contributed by atoms with Gasteiger partial charge in [0.2, 0.25) is 0 Å². The maximum absolute atomic E-state index is 11.2. The monoisotopic (exact) mass is 318 g/mol. The lowest BCUT2D eigenvalue weighted by atomic mass is 9.96. The summed E-state index contributed by atoms with van der Waals surface area (Å²) in [4.78, 5) is 11.1.